The quantitative estimate of drug-likeness (QED) is 0.806. The molecule has 7 nitrogen and oxygen atoms in total. The fourth-order valence-electron chi connectivity index (χ4n) is 3.89. The Morgan fingerprint density at radius 3 is 3.00 bits per heavy atom. The van der Waals surface area contributed by atoms with Crippen LogP contribution in [0, 0.1) is 11.3 Å². The molecule has 0 N–H and O–H groups in total. The van der Waals surface area contributed by atoms with Gasteiger partial charge in [0.1, 0.15) is 11.9 Å². The average Bonchev–Trinajstić information content (AvgIpc) is 2.74. The van der Waals surface area contributed by atoms with Gasteiger partial charge in [0.2, 0.25) is 5.88 Å². The zero-order valence-electron chi connectivity index (χ0n) is 16.4. The van der Waals surface area contributed by atoms with E-state index in [9.17, 15) is 5.26 Å². The molecule has 0 spiro atoms. The SMILES string of the molecule is COc1cccc(CN2CCN(c3nc4c(cc3C#N)COCC4)CC2C)n1. The summed E-state index contributed by atoms with van der Waals surface area (Å²) < 4.78 is 10.7. The predicted molar refractivity (Wildman–Crippen MR) is 105 cm³/mol. The molecule has 7 heteroatoms. The number of piperazine rings is 1. The molecular weight excluding hydrogens is 354 g/mol. The van der Waals surface area contributed by atoms with Gasteiger partial charge in [-0.15, -0.1) is 0 Å². The second-order valence-corrected chi connectivity index (χ2v) is 7.32. The van der Waals surface area contributed by atoms with E-state index in [4.69, 9.17) is 14.5 Å². The molecule has 2 aromatic rings. The summed E-state index contributed by atoms with van der Waals surface area (Å²) in [6.07, 6.45) is 0.811. The molecule has 1 saturated heterocycles. The van der Waals surface area contributed by atoms with E-state index in [1.807, 2.05) is 24.3 Å². The molecule has 4 rings (SSSR count). The molecule has 1 atom stereocenters. The third kappa shape index (κ3) is 3.79. The smallest absolute Gasteiger partial charge is 0.213 e. The maximum Gasteiger partial charge on any atom is 0.213 e. The van der Waals surface area contributed by atoms with Crippen molar-refractivity contribution in [3.8, 4) is 11.9 Å². The molecule has 0 bridgehead atoms. The van der Waals surface area contributed by atoms with Crippen molar-refractivity contribution < 1.29 is 9.47 Å². The number of methoxy groups -OCH3 is 1. The molecule has 2 aromatic heterocycles. The molecule has 2 aliphatic heterocycles. The number of hydrogen-bond donors (Lipinski definition) is 0. The Bertz CT molecular complexity index is 895. The maximum atomic E-state index is 9.62. The standard InChI is InChI=1S/C21H25N5O2/c1-15-12-26(8-7-25(15)13-18-4-3-5-20(23-18)27-2)21-16(11-22)10-17-14-28-9-6-19(17)24-21/h3-5,10,15H,6-9,12-14H2,1-2H3. The van der Waals surface area contributed by atoms with Crippen molar-refractivity contribution in [2.45, 2.75) is 32.5 Å². The van der Waals surface area contributed by atoms with E-state index >= 15 is 0 Å². The van der Waals surface area contributed by atoms with Gasteiger partial charge in [-0.2, -0.15) is 5.26 Å². The first kappa shape index (κ1) is 18.7. The lowest BCUT2D eigenvalue weighted by Crippen LogP contribution is -2.52. The van der Waals surface area contributed by atoms with Crippen molar-refractivity contribution in [1.29, 1.82) is 5.26 Å². The number of pyridine rings is 2. The van der Waals surface area contributed by atoms with Gasteiger partial charge in [0.05, 0.1) is 37.3 Å². The second-order valence-electron chi connectivity index (χ2n) is 7.32. The second kappa shape index (κ2) is 8.13. The van der Waals surface area contributed by atoms with Crippen molar-refractivity contribution in [2.24, 2.45) is 0 Å². The third-order valence-electron chi connectivity index (χ3n) is 5.45. The van der Waals surface area contributed by atoms with Crippen LogP contribution >= 0.6 is 0 Å². The van der Waals surface area contributed by atoms with Gasteiger partial charge < -0.3 is 14.4 Å². The Morgan fingerprint density at radius 1 is 1.32 bits per heavy atom. The first-order valence-corrected chi connectivity index (χ1v) is 9.67. The summed E-state index contributed by atoms with van der Waals surface area (Å²) in [5, 5.41) is 9.62. The number of nitrogens with zero attached hydrogens (tertiary/aromatic N) is 5. The number of ether oxygens (including phenoxy) is 2. The van der Waals surface area contributed by atoms with Gasteiger partial charge in [-0.1, -0.05) is 6.07 Å². The lowest BCUT2D eigenvalue weighted by atomic mass is 10.1. The zero-order valence-corrected chi connectivity index (χ0v) is 16.4. The van der Waals surface area contributed by atoms with Crippen LogP contribution in [0.25, 0.3) is 0 Å². The van der Waals surface area contributed by atoms with Crippen molar-refractivity contribution in [3.05, 3.63) is 46.8 Å². The fraction of sp³-hybridized carbons (Fsp3) is 0.476. The zero-order chi connectivity index (χ0) is 19.5. The number of rotatable bonds is 4. The first-order chi connectivity index (χ1) is 13.7. The number of fused-ring (bicyclic) bond motifs is 1. The van der Waals surface area contributed by atoms with E-state index in [0.29, 0.717) is 30.7 Å². The molecule has 28 heavy (non-hydrogen) atoms. The molecule has 0 amide bonds. The van der Waals surface area contributed by atoms with E-state index in [2.05, 4.69) is 27.8 Å². The van der Waals surface area contributed by atoms with E-state index < -0.39 is 0 Å². The average molecular weight is 379 g/mol. The van der Waals surface area contributed by atoms with Crippen LogP contribution in [-0.2, 0) is 24.3 Å². The van der Waals surface area contributed by atoms with Gasteiger partial charge in [0.25, 0.3) is 0 Å². The topological polar surface area (TPSA) is 74.5 Å². The summed E-state index contributed by atoms with van der Waals surface area (Å²) in [4.78, 5) is 14.0. The van der Waals surface area contributed by atoms with Crippen LogP contribution in [0.15, 0.2) is 24.3 Å². The largest absolute Gasteiger partial charge is 0.481 e. The molecule has 1 fully saturated rings. The number of aromatic nitrogens is 2. The summed E-state index contributed by atoms with van der Waals surface area (Å²) in [5.41, 5.74) is 3.75. The van der Waals surface area contributed by atoms with Crippen LogP contribution in [0.2, 0.25) is 0 Å². The summed E-state index contributed by atoms with van der Waals surface area (Å²) in [7, 11) is 1.64. The Hall–Kier alpha value is -2.69. The maximum absolute atomic E-state index is 9.62. The van der Waals surface area contributed by atoms with Crippen LogP contribution in [0.1, 0.15) is 29.4 Å². The predicted octanol–water partition coefficient (Wildman–Crippen LogP) is 2.14. The molecule has 4 heterocycles. The van der Waals surface area contributed by atoms with Crippen molar-refractivity contribution in [3.63, 3.8) is 0 Å². The minimum atomic E-state index is 0.328. The molecule has 1 unspecified atom stereocenters. The van der Waals surface area contributed by atoms with E-state index in [1.54, 1.807) is 7.11 Å². The van der Waals surface area contributed by atoms with Crippen molar-refractivity contribution in [1.82, 2.24) is 14.9 Å². The third-order valence-corrected chi connectivity index (χ3v) is 5.45. The Kier molecular flexibility index (Phi) is 5.42. The lowest BCUT2D eigenvalue weighted by molar-refractivity contribution is 0.109. The first-order valence-electron chi connectivity index (χ1n) is 9.67. The van der Waals surface area contributed by atoms with Crippen LogP contribution in [0.5, 0.6) is 5.88 Å². The minimum Gasteiger partial charge on any atom is -0.481 e. The molecule has 146 valence electrons. The molecule has 0 saturated carbocycles. The van der Waals surface area contributed by atoms with Crippen LogP contribution in [-0.4, -0.2) is 54.3 Å². The number of nitriles is 1. The summed E-state index contributed by atoms with van der Waals surface area (Å²) in [6, 6.07) is 10.5. The van der Waals surface area contributed by atoms with Crippen LogP contribution < -0.4 is 9.64 Å². The van der Waals surface area contributed by atoms with Crippen LogP contribution in [0.3, 0.4) is 0 Å². The van der Waals surface area contributed by atoms with E-state index in [0.717, 1.165) is 55.4 Å². The normalized spacial score (nSPS) is 19.8. The molecule has 2 aliphatic rings. The van der Waals surface area contributed by atoms with Gasteiger partial charge in [-0.25, -0.2) is 9.97 Å². The Labute approximate surface area is 165 Å². The molecular formula is C21H25N5O2. The van der Waals surface area contributed by atoms with Gasteiger partial charge in [-0.3, -0.25) is 4.90 Å². The summed E-state index contributed by atoms with van der Waals surface area (Å²) in [5.74, 6) is 1.46. The van der Waals surface area contributed by atoms with Crippen molar-refractivity contribution in [2.75, 3.05) is 38.3 Å². The summed E-state index contributed by atoms with van der Waals surface area (Å²) >= 11 is 0. The fourth-order valence-corrected chi connectivity index (χ4v) is 3.89. The Morgan fingerprint density at radius 2 is 2.21 bits per heavy atom. The van der Waals surface area contributed by atoms with Crippen LogP contribution in [0.4, 0.5) is 5.82 Å². The summed E-state index contributed by atoms with van der Waals surface area (Å²) in [6.45, 7) is 6.81. The van der Waals surface area contributed by atoms with E-state index in [-0.39, 0.29) is 0 Å². The molecule has 0 radical (unpaired) electrons. The van der Waals surface area contributed by atoms with Gasteiger partial charge in [0, 0.05) is 50.3 Å². The number of hydrogen-bond acceptors (Lipinski definition) is 7. The highest BCUT2D eigenvalue weighted by atomic mass is 16.5. The molecule has 0 aliphatic carbocycles. The highest BCUT2D eigenvalue weighted by Crippen LogP contribution is 2.26. The molecule has 0 aromatic carbocycles. The van der Waals surface area contributed by atoms with Gasteiger partial charge >= 0.3 is 0 Å². The highest BCUT2D eigenvalue weighted by Gasteiger charge is 2.27. The number of anilines is 1. The van der Waals surface area contributed by atoms with Crippen molar-refractivity contribution >= 4 is 5.82 Å². The minimum absolute atomic E-state index is 0.328. The van der Waals surface area contributed by atoms with Gasteiger partial charge in [0.15, 0.2) is 0 Å². The monoisotopic (exact) mass is 379 g/mol. The van der Waals surface area contributed by atoms with Gasteiger partial charge in [-0.05, 0) is 19.1 Å². The highest BCUT2D eigenvalue weighted by molar-refractivity contribution is 5.56. The Balaban J connectivity index is 1.49. The lowest BCUT2D eigenvalue weighted by Gasteiger charge is -2.40. The van der Waals surface area contributed by atoms with E-state index in [1.165, 1.54) is 0 Å².